The van der Waals surface area contributed by atoms with E-state index in [0.29, 0.717) is 5.84 Å². The van der Waals surface area contributed by atoms with E-state index in [2.05, 4.69) is 151 Å². The van der Waals surface area contributed by atoms with E-state index in [1.54, 1.807) is 0 Å². The van der Waals surface area contributed by atoms with Gasteiger partial charge in [-0.15, -0.1) is 0 Å². The summed E-state index contributed by atoms with van der Waals surface area (Å²) < 4.78 is 8.35. The highest BCUT2D eigenvalue weighted by molar-refractivity contribution is 7.19. The summed E-state index contributed by atoms with van der Waals surface area (Å²) >= 11 is 0. The second-order valence-electron chi connectivity index (χ2n) is 10.9. The normalized spacial score (nSPS) is 11.9. The molecule has 0 amide bonds. The lowest BCUT2D eigenvalue weighted by Gasteiger charge is -2.34. The van der Waals surface area contributed by atoms with Crippen molar-refractivity contribution < 1.29 is 4.42 Å². The fourth-order valence-electron chi connectivity index (χ4n) is 6.63. The summed E-state index contributed by atoms with van der Waals surface area (Å²) in [6.45, 7) is 2.17. The zero-order valence-corrected chi connectivity index (χ0v) is 24.2. The van der Waals surface area contributed by atoms with Crippen LogP contribution in [0.25, 0.3) is 39.1 Å². The van der Waals surface area contributed by atoms with Gasteiger partial charge in [-0.25, -0.2) is 0 Å². The van der Waals surface area contributed by atoms with Gasteiger partial charge in [-0.05, 0) is 68.6 Å². The van der Waals surface area contributed by atoms with Crippen molar-refractivity contribution in [1.29, 1.82) is 0 Å². The number of rotatable bonds is 5. The van der Waals surface area contributed by atoms with Gasteiger partial charge in [0.15, 0.2) is 13.7 Å². The molecule has 2 heterocycles. The number of hydrogen-bond acceptors (Lipinski definition) is 2. The number of imidazole rings is 1. The molecule has 0 aliphatic heterocycles. The third kappa shape index (κ3) is 3.69. The van der Waals surface area contributed by atoms with E-state index >= 15 is 0 Å². The molecular formula is C38H28N2OSi. The first-order chi connectivity index (χ1) is 20.7. The monoisotopic (exact) mass is 556 g/mol. The van der Waals surface area contributed by atoms with E-state index in [1.165, 1.54) is 37.4 Å². The molecule has 3 nitrogen and oxygen atoms in total. The van der Waals surface area contributed by atoms with Crippen LogP contribution in [0.5, 0.6) is 0 Å². The second kappa shape index (κ2) is 9.72. The summed E-state index contributed by atoms with van der Waals surface area (Å²) in [5.41, 5.74) is 7.44. The molecule has 8 rings (SSSR count). The maximum atomic E-state index is 6.22. The Hall–Kier alpha value is -5.19. The van der Waals surface area contributed by atoms with E-state index in [9.17, 15) is 0 Å². The minimum absolute atomic E-state index is 0.625. The molecule has 0 saturated heterocycles. The van der Waals surface area contributed by atoms with E-state index in [-0.39, 0.29) is 0 Å². The lowest BCUT2D eigenvalue weighted by molar-refractivity contribution is 0.643. The fraction of sp³-hybridized carbons (Fsp3) is 0.0263. The number of aromatic nitrogens is 2. The van der Waals surface area contributed by atoms with Crippen molar-refractivity contribution in [3.63, 3.8) is 0 Å². The summed E-state index contributed by atoms with van der Waals surface area (Å²) in [6.07, 6.45) is 0. The zero-order valence-electron chi connectivity index (χ0n) is 23.2. The largest absolute Gasteiger partial charge is 0.423 e. The summed E-state index contributed by atoms with van der Waals surface area (Å²) in [6, 6.07) is 55.0. The number of oxazole rings is 1. The molecule has 0 aliphatic rings. The van der Waals surface area contributed by atoms with Crippen LogP contribution in [0.2, 0.25) is 0 Å². The third-order valence-corrected chi connectivity index (χ3v) is 13.3. The van der Waals surface area contributed by atoms with Crippen LogP contribution in [0.15, 0.2) is 156 Å². The fourth-order valence-corrected chi connectivity index (χ4v) is 11.4. The summed E-state index contributed by atoms with van der Waals surface area (Å²) in [5, 5.41) is 5.46. The predicted molar refractivity (Wildman–Crippen MR) is 176 cm³/mol. The highest BCUT2D eigenvalue weighted by Crippen LogP contribution is 2.32. The molecule has 2 aromatic heterocycles. The SMILES string of the molecule is Cc1cc2oc3nc4ccccc4n3c2cc1-c1cccc([Si](c2ccccc2)(c2ccccc2)c2ccccc2)c1. The van der Waals surface area contributed by atoms with E-state index in [4.69, 9.17) is 9.40 Å². The Morgan fingerprint density at radius 1 is 0.548 bits per heavy atom. The van der Waals surface area contributed by atoms with Gasteiger partial charge in [0.05, 0.1) is 16.6 Å². The Balaban J connectivity index is 1.40. The van der Waals surface area contributed by atoms with Gasteiger partial charge in [-0.1, -0.05) is 127 Å². The standard InChI is InChI=1S/C38H28N2OSi/c1-27-24-37-36(40-35-23-12-11-22-34(35)39-38(40)41-37)26-33(27)28-14-13-21-32(25-28)42(29-15-5-2-6-16-29,30-17-7-3-8-18-30)31-19-9-4-10-20-31/h2-26H,1H3. The quantitative estimate of drug-likeness (QED) is 0.177. The van der Waals surface area contributed by atoms with Crippen LogP contribution in [0, 0.1) is 6.92 Å². The van der Waals surface area contributed by atoms with Crippen LogP contribution in [0.4, 0.5) is 0 Å². The van der Waals surface area contributed by atoms with Crippen LogP contribution < -0.4 is 20.7 Å². The highest BCUT2D eigenvalue weighted by atomic mass is 28.3. The molecule has 42 heavy (non-hydrogen) atoms. The van der Waals surface area contributed by atoms with Crippen molar-refractivity contribution in [2.45, 2.75) is 6.92 Å². The summed E-state index contributed by atoms with van der Waals surface area (Å²) in [5.74, 6) is 0.625. The van der Waals surface area contributed by atoms with E-state index in [1.807, 2.05) is 12.1 Å². The van der Waals surface area contributed by atoms with Crippen molar-refractivity contribution in [3.05, 3.63) is 157 Å². The summed E-state index contributed by atoms with van der Waals surface area (Å²) in [7, 11) is -2.63. The van der Waals surface area contributed by atoms with Crippen molar-refractivity contribution in [2.24, 2.45) is 0 Å². The molecule has 0 spiro atoms. The molecule has 6 aromatic carbocycles. The highest BCUT2D eigenvalue weighted by Gasteiger charge is 2.41. The number of fused-ring (bicyclic) bond motifs is 5. The third-order valence-electron chi connectivity index (χ3n) is 8.51. The molecule has 0 N–H and O–H groups in total. The smallest absolute Gasteiger partial charge is 0.307 e. The lowest BCUT2D eigenvalue weighted by atomic mass is 10.00. The molecule has 0 atom stereocenters. The molecule has 8 aromatic rings. The number of benzene rings is 6. The first-order valence-electron chi connectivity index (χ1n) is 14.3. The van der Waals surface area contributed by atoms with Gasteiger partial charge in [0, 0.05) is 0 Å². The molecule has 0 radical (unpaired) electrons. The van der Waals surface area contributed by atoms with Crippen molar-refractivity contribution in [3.8, 4) is 11.1 Å². The average molecular weight is 557 g/mol. The van der Waals surface area contributed by atoms with Gasteiger partial charge in [0.2, 0.25) is 0 Å². The van der Waals surface area contributed by atoms with Crippen LogP contribution >= 0.6 is 0 Å². The molecular weight excluding hydrogens is 529 g/mol. The van der Waals surface area contributed by atoms with Crippen LogP contribution in [0.3, 0.4) is 0 Å². The van der Waals surface area contributed by atoms with Crippen molar-refractivity contribution in [1.82, 2.24) is 9.38 Å². The van der Waals surface area contributed by atoms with Crippen LogP contribution in [0.1, 0.15) is 5.56 Å². The van der Waals surface area contributed by atoms with Gasteiger partial charge >= 0.3 is 5.84 Å². The molecule has 0 saturated carbocycles. The topological polar surface area (TPSA) is 30.4 Å². The number of hydrogen-bond donors (Lipinski definition) is 0. The molecule has 0 aliphatic carbocycles. The minimum atomic E-state index is -2.63. The first kappa shape index (κ1) is 24.6. The van der Waals surface area contributed by atoms with E-state index < -0.39 is 8.07 Å². The molecule has 0 bridgehead atoms. The number of aryl methyl sites for hydroxylation is 1. The Bertz CT molecular complexity index is 2100. The average Bonchev–Trinajstić information content (AvgIpc) is 3.58. The molecule has 200 valence electrons. The molecule has 4 heteroatoms. The van der Waals surface area contributed by atoms with Crippen molar-refractivity contribution >= 4 is 56.8 Å². The maximum Gasteiger partial charge on any atom is 0.307 e. The van der Waals surface area contributed by atoms with Gasteiger partial charge in [0.25, 0.3) is 0 Å². The van der Waals surface area contributed by atoms with Gasteiger partial charge < -0.3 is 4.42 Å². The lowest BCUT2D eigenvalue weighted by Crippen LogP contribution is -2.74. The summed E-state index contributed by atoms with van der Waals surface area (Å²) in [4.78, 5) is 4.73. The van der Waals surface area contributed by atoms with Gasteiger partial charge in [-0.3, -0.25) is 4.40 Å². The maximum absolute atomic E-state index is 6.22. The van der Waals surface area contributed by atoms with Crippen LogP contribution in [-0.2, 0) is 0 Å². The van der Waals surface area contributed by atoms with E-state index in [0.717, 1.165) is 22.1 Å². The predicted octanol–water partition coefficient (Wildman–Crippen LogP) is 6.59. The molecule has 0 fully saturated rings. The Morgan fingerprint density at radius 2 is 1.12 bits per heavy atom. The number of nitrogens with zero attached hydrogens (tertiary/aromatic N) is 2. The first-order valence-corrected chi connectivity index (χ1v) is 16.3. The number of para-hydroxylation sites is 2. The molecule has 0 unspecified atom stereocenters. The second-order valence-corrected chi connectivity index (χ2v) is 14.7. The van der Waals surface area contributed by atoms with Crippen molar-refractivity contribution in [2.75, 3.05) is 0 Å². The van der Waals surface area contributed by atoms with Gasteiger partial charge in [0.1, 0.15) is 0 Å². The van der Waals surface area contributed by atoms with Gasteiger partial charge in [-0.2, -0.15) is 4.98 Å². The Labute approximate surface area is 245 Å². The Kier molecular flexibility index (Phi) is 5.69. The zero-order chi connectivity index (χ0) is 28.1. The Morgan fingerprint density at radius 3 is 1.76 bits per heavy atom. The van der Waals surface area contributed by atoms with Crippen LogP contribution in [-0.4, -0.2) is 17.5 Å². The minimum Gasteiger partial charge on any atom is -0.423 e.